The standard InChI is InChI=1S/C14H13N3O7S2/c18-12(16-10-4-1-2-5-11(10)17(20)21)9-24-13(19)8-15-26(22,23)14-6-3-7-25-14/h1-7,15H,8-9H2,(H,16,18). The fourth-order valence-corrected chi connectivity index (χ4v) is 3.77. The summed E-state index contributed by atoms with van der Waals surface area (Å²) in [5.74, 6) is -1.77. The molecule has 1 heterocycles. The summed E-state index contributed by atoms with van der Waals surface area (Å²) in [4.78, 5) is 33.5. The first-order valence-electron chi connectivity index (χ1n) is 7.01. The van der Waals surface area contributed by atoms with E-state index in [-0.39, 0.29) is 15.6 Å². The number of nitrogens with zero attached hydrogens (tertiary/aromatic N) is 1. The molecular weight excluding hydrogens is 386 g/mol. The zero-order valence-electron chi connectivity index (χ0n) is 13.1. The number of rotatable bonds is 8. The maximum absolute atomic E-state index is 11.8. The summed E-state index contributed by atoms with van der Waals surface area (Å²) in [6.07, 6.45) is 0. The molecule has 0 fully saturated rings. The van der Waals surface area contributed by atoms with Crippen LogP contribution >= 0.6 is 11.3 Å². The Hall–Kier alpha value is -2.83. The van der Waals surface area contributed by atoms with Gasteiger partial charge in [0.1, 0.15) is 16.4 Å². The minimum Gasteiger partial charge on any atom is -0.455 e. The van der Waals surface area contributed by atoms with E-state index in [2.05, 4.69) is 10.1 Å². The van der Waals surface area contributed by atoms with Crippen molar-refractivity contribution in [3.05, 3.63) is 51.9 Å². The lowest BCUT2D eigenvalue weighted by atomic mass is 10.2. The number of benzene rings is 1. The lowest BCUT2D eigenvalue weighted by Gasteiger charge is -2.07. The van der Waals surface area contributed by atoms with Gasteiger partial charge in [-0.2, -0.15) is 4.72 Å². The predicted molar refractivity (Wildman–Crippen MR) is 92.2 cm³/mol. The normalized spacial score (nSPS) is 10.9. The Kier molecular flexibility index (Phi) is 6.38. The number of nitro groups is 1. The number of para-hydroxylation sites is 2. The van der Waals surface area contributed by atoms with Gasteiger partial charge in [-0.3, -0.25) is 19.7 Å². The van der Waals surface area contributed by atoms with Crippen molar-refractivity contribution in [2.24, 2.45) is 0 Å². The summed E-state index contributed by atoms with van der Waals surface area (Å²) in [6, 6.07) is 8.39. The molecule has 10 nitrogen and oxygen atoms in total. The van der Waals surface area contributed by atoms with Gasteiger partial charge in [-0.05, 0) is 17.5 Å². The van der Waals surface area contributed by atoms with Crippen molar-refractivity contribution < 1.29 is 27.7 Å². The van der Waals surface area contributed by atoms with Gasteiger partial charge in [0.15, 0.2) is 6.61 Å². The number of hydrogen-bond acceptors (Lipinski definition) is 8. The Bertz CT molecular complexity index is 910. The van der Waals surface area contributed by atoms with Gasteiger partial charge in [0.05, 0.1) is 4.92 Å². The number of ether oxygens (including phenoxy) is 1. The molecule has 0 unspecified atom stereocenters. The van der Waals surface area contributed by atoms with E-state index < -0.39 is 40.0 Å². The fraction of sp³-hybridized carbons (Fsp3) is 0.143. The molecule has 12 heteroatoms. The van der Waals surface area contributed by atoms with Gasteiger partial charge in [-0.1, -0.05) is 18.2 Å². The number of sulfonamides is 1. The number of nitro benzene ring substituents is 1. The van der Waals surface area contributed by atoms with Crippen molar-refractivity contribution in [1.29, 1.82) is 0 Å². The molecule has 138 valence electrons. The van der Waals surface area contributed by atoms with Crippen molar-refractivity contribution in [2.75, 3.05) is 18.5 Å². The third-order valence-electron chi connectivity index (χ3n) is 2.91. The molecule has 2 rings (SSSR count). The van der Waals surface area contributed by atoms with E-state index in [0.717, 1.165) is 11.3 Å². The molecule has 2 aromatic rings. The number of thiophene rings is 1. The summed E-state index contributed by atoms with van der Waals surface area (Å²) in [7, 11) is -3.82. The summed E-state index contributed by atoms with van der Waals surface area (Å²) >= 11 is 0.983. The number of esters is 1. The Labute approximate surface area is 152 Å². The van der Waals surface area contributed by atoms with E-state index >= 15 is 0 Å². The van der Waals surface area contributed by atoms with Crippen LogP contribution in [0.3, 0.4) is 0 Å². The molecule has 1 aromatic carbocycles. The summed E-state index contributed by atoms with van der Waals surface area (Å²) < 4.78 is 30.4. The molecular formula is C14H13N3O7S2. The average molecular weight is 399 g/mol. The SMILES string of the molecule is O=C(COC(=O)CNS(=O)(=O)c1cccs1)Nc1ccccc1[N+](=O)[O-]. The van der Waals surface area contributed by atoms with Gasteiger partial charge in [0, 0.05) is 6.07 Å². The van der Waals surface area contributed by atoms with Gasteiger partial charge >= 0.3 is 5.97 Å². The van der Waals surface area contributed by atoms with Crippen LogP contribution in [-0.4, -0.2) is 38.4 Å². The fourth-order valence-electron chi connectivity index (χ4n) is 1.76. The quantitative estimate of drug-likeness (QED) is 0.384. The number of hydrogen-bond donors (Lipinski definition) is 2. The van der Waals surface area contributed by atoms with E-state index in [9.17, 15) is 28.1 Å². The van der Waals surface area contributed by atoms with Gasteiger partial charge in [-0.15, -0.1) is 11.3 Å². The van der Waals surface area contributed by atoms with Gasteiger partial charge in [-0.25, -0.2) is 8.42 Å². The largest absolute Gasteiger partial charge is 0.455 e. The molecule has 0 atom stereocenters. The first kappa shape index (κ1) is 19.5. The van der Waals surface area contributed by atoms with Crippen molar-refractivity contribution in [2.45, 2.75) is 4.21 Å². The third kappa shape index (κ3) is 5.34. The second-order valence-electron chi connectivity index (χ2n) is 4.74. The van der Waals surface area contributed by atoms with Crippen molar-refractivity contribution in [3.63, 3.8) is 0 Å². The third-order valence-corrected chi connectivity index (χ3v) is 5.70. The number of nitrogens with one attached hydrogen (secondary N) is 2. The topological polar surface area (TPSA) is 145 Å². The van der Waals surface area contributed by atoms with Crippen molar-refractivity contribution >= 4 is 44.6 Å². The van der Waals surface area contributed by atoms with Crippen molar-refractivity contribution in [1.82, 2.24) is 4.72 Å². The zero-order valence-corrected chi connectivity index (χ0v) is 14.7. The number of anilines is 1. The Balaban J connectivity index is 1.82. The Morgan fingerprint density at radius 3 is 2.58 bits per heavy atom. The van der Waals surface area contributed by atoms with Gasteiger partial charge in [0.25, 0.3) is 21.6 Å². The van der Waals surface area contributed by atoms with Crippen LogP contribution in [0.2, 0.25) is 0 Å². The summed E-state index contributed by atoms with van der Waals surface area (Å²) in [5, 5.41) is 14.7. The highest BCUT2D eigenvalue weighted by Gasteiger charge is 2.18. The maximum Gasteiger partial charge on any atom is 0.321 e. The number of carbonyl (C=O) groups excluding carboxylic acids is 2. The van der Waals surface area contributed by atoms with Crippen LogP contribution < -0.4 is 10.0 Å². The smallest absolute Gasteiger partial charge is 0.321 e. The lowest BCUT2D eigenvalue weighted by Crippen LogP contribution is -2.32. The predicted octanol–water partition coefficient (Wildman–Crippen LogP) is 1.12. The lowest BCUT2D eigenvalue weighted by molar-refractivity contribution is -0.383. The molecule has 0 bridgehead atoms. The number of amides is 1. The van der Waals surface area contributed by atoms with E-state index in [4.69, 9.17) is 0 Å². The Morgan fingerprint density at radius 1 is 1.19 bits per heavy atom. The molecule has 0 radical (unpaired) electrons. The second kappa shape index (κ2) is 8.51. The van der Waals surface area contributed by atoms with Gasteiger partial charge in [0.2, 0.25) is 0 Å². The summed E-state index contributed by atoms with van der Waals surface area (Å²) in [5.41, 5.74) is -0.354. The molecule has 0 spiro atoms. The van der Waals surface area contributed by atoms with E-state index in [1.54, 1.807) is 11.4 Å². The molecule has 1 aromatic heterocycles. The average Bonchev–Trinajstić information content (AvgIpc) is 3.14. The van der Waals surface area contributed by atoms with Crippen LogP contribution in [0.5, 0.6) is 0 Å². The molecule has 0 aliphatic heterocycles. The van der Waals surface area contributed by atoms with Crippen LogP contribution in [0.1, 0.15) is 0 Å². The maximum atomic E-state index is 11.8. The molecule has 0 saturated heterocycles. The van der Waals surface area contributed by atoms with Crippen LogP contribution in [0, 0.1) is 10.1 Å². The number of carbonyl (C=O) groups is 2. The molecule has 26 heavy (non-hydrogen) atoms. The molecule has 2 N–H and O–H groups in total. The minimum absolute atomic E-state index is 0.0411. The highest BCUT2D eigenvalue weighted by molar-refractivity contribution is 7.91. The van der Waals surface area contributed by atoms with Crippen LogP contribution in [0.25, 0.3) is 0 Å². The second-order valence-corrected chi connectivity index (χ2v) is 7.68. The van der Waals surface area contributed by atoms with Gasteiger partial charge < -0.3 is 10.1 Å². The van der Waals surface area contributed by atoms with Crippen molar-refractivity contribution in [3.8, 4) is 0 Å². The zero-order chi connectivity index (χ0) is 19.2. The Morgan fingerprint density at radius 2 is 1.92 bits per heavy atom. The highest BCUT2D eigenvalue weighted by atomic mass is 32.2. The molecule has 0 saturated carbocycles. The monoisotopic (exact) mass is 399 g/mol. The van der Waals surface area contributed by atoms with E-state index in [0.29, 0.717) is 0 Å². The minimum atomic E-state index is -3.82. The molecule has 0 aliphatic rings. The van der Waals surface area contributed by atoms with E-state index in [1.807, 2.05) is 4.72 Å². The van der Waals surface area contributed by atoms with E-state index in [1.165, 1.54) is 30.3 Å². The first-order chi connectivity index (χ1) is 12.3. The van der Waals surface area contributed by atoms with Crippen LogP contribution in [-0.2, 0) is 24.3 Å². The summed E-state index contributed by atoms with van der Waals surface area (Å²) in [6.45, 7) is -1.37. The molecule has 0 aliphatic carbocycles. The highest BCUT2D eigenvalue weighted by Crippen LogP contribution is 2.22. The molecule has 1 amide bonds. The van der Waals surface area contributed by atoms with Crippen LogP contribution in [0.4, 0.5) is 11.4 Å². The first-order valence-corrected chi connectivity index (χ1v) is 9.38. The van der Waals surface area contributed by atoms with Crippen LogP contribution in [0.15, 0.2) is 46.0 Å².